The van der Waals surface area contributed by atoms with Crippen molar-refractivity contribution >= 4 is 45.6 Å². The van der Waals surface area contributed by atoms with Gasteiger partial charge in [-0.25, -0.2) is 9.59 Å². The lowest BCUT2D eigenvalue weighted by Gasteiger charge is -2.16. The van der Waals surface area contributed by atoms with Crippen molar-refractivity contribution in [2.45, 2.75) is 66.3 Å². The summed E-state index contributed by atoms with van der Waals surface area (Å²) < 4.78 is 10.2. The fourth-order valence-corrected chi connectivity index (χ4v) is 4.04. The number of hydrogen-bond acceptors (Lipinski definition) is 6. The van der Waals surface area contributed by atoms with Gasteiger partial charge >= 0.3 is 11.9 Å². The fourth-order valence-electron chi connectivity index (χ4n) is 2.58. The maximum absolute atomic E-state index is 12.4. The third-order valence-electron chi connectivity index (χ3n) is 3.93. The second kappa shape index (κ2) is 11.9. The molecule has 1 aromatic heterocycles. The van der Waals surface area contributed by atoms with Crippen molar-refractivity contribution in [3.8, 4) is 0 Å². The molecule has 0 saturated carbocycles. The van der Waals surface area contributed by atoms with E-state index in [-0.39, 0.29) is 19.3 Å². The molecular weight excluding hydrogens is 384 g/mol. The molecule has 6 nitrogen and oxygen atoms in total. The normalized spacial score (nSPS) is 11.6. The summed E-state index contributed by atoms with van der Waals surface area (Å²) in [5.74, 6) is -0.937. The first-order chi connectivity index (χ1) is 12.8. The third-order valence-corrected chi connectivity index (χ3v) is 5.34. The van der Waals surface area contributed by atoms with Crippen molar-refractivity contribution in [2.24, 2.45) is 0 Å². The van der Waals surface area contributed by atoms with Crippen LogP contribution >= 0.6 is 23.6 Å². The second-order valence-electron chi connectivity index (χ2n) is 6.20. The topological polar surface area (TPSA) is 76.7 Å². The lowest BCUT2D eigenvalue weighted by atomic mass is 10.1. The molecule has 152 valence electrons. The Labute approximate surface area is 171 Å². The van der Waals surface area contributed by atoms with Gasteiger partial charge in [0.2, 0.25) is 0 Å². The average Bonchev–Trinajstić information content (AvgIpc) is 2.91. The van der Waals surface area contributed by atoms with Gasteiger partial charge < -0.3 is 20.1 Å². The Morgan fingerprint density at radius 2 is 1.74 bits per heavy atom. The summed E-state index contributed by atoms with van der Waals surface area (Å²) in [5, 5.41) is 7.20. The van der Waals surface area contributed by atoms with E-state index in [1.165, 1.54) is 12.8 Å². The average molecular weight is 415 g/mol. The predicted molar refractivity (Wildman–Crippen MR) is 114 cm³/mol. The summed E-state index contributed by atoms with van der Waals surface area (Å²) in [6.07, 6.45) is 4.50. The maximum atomic E-state index is 12.4. The fraction of sp³-hybridized carbons (Fsp3) is 0.632. The zero-order valence-electron chi connectivity index (χ0n) is 16.8. The maximum Gasteiger partial charge on any atom is 0.348 e. The molecule has 1 heterocycles. The molecule has 1 aromatic rings. The number of carbonyl (C=O) groups is 2. The van der Waals surface area contributed by atoms with E-state index >= 15 is 0 Å². The van der Waals surface area contributed by atoms with Gasteiger partial charge in [-0.1, -0.05) is 26.2 Å². The van der Waals surface area contributed by atoms with Gasteiger partial charge in [0, 0.05) is 6.04 Å². The predicted octanol–water partition coefficient (Wildman–Crippen LogP) is 4.67. The van der Waals surface area contributed by atoms with Crippen LogP contribution in [0, 0.1) is 6.92 Å². The van der Waals surface area contributed by atoms with E-state index in [1.807, 2.05) is 0 Å². The van der Waals surface area contributed by atoms with Crippen LogP contribution in [-0.2, 0) is 9.47 Å². The van der Waals surface area contributed by atoms with Crippen LogP contribution in [0.4, 0.5) is 5.00 Å². The number of thiophene rings is 1. The smallest absolute Gasteiger partial charge is 0.348 e. The number of rotatable bonds is 10. The van der Waals surface area contributed by atoms with Gasteiger partial charge in [0.15, 0.2) is 5.11 Å². The molecule has 27 heavy (non-hydrogen) atoms. The molecule has 0 aliphatic heterocycles. The molecule has 0 spiro atoms. The molecule has 0 aliphatic rings. The molecule has 1 rings (SSSR count). The molecule has 1 atom stereocenters. The Morgan fingerprint density at radius 1 is 1.11 bits per heavy atom. The van der Waals surface area contributed by atoms with Crippen LogP contribution in [-0.4, -0.2) is 36.3 Å². The van der Waals surface area contributed by atoms with Gasteiger partial charge in [-0.3, -0.25) is 0 Å². The summed E-state index contributed by atoms with van der Waals surface area (Å²) >= 11 is 6.54. The van der Waals surface area contributed by atoms with Gasteiger partial charge in [0.25, 0.3) is 0 Å². The third kappa shape index (κ3) is 7.10. The van der Waals surface area contributed by atoms with E-state index in [0.29, 0.717) is 26.1 Å². The van der Waals surface area contributed by atoms with Gasteiger partial charge in [-0.2, -0.15) is 0 Å². The number of ether oxygens (including phenoxy) is 2. The molecule has 0 aromatic carbocycles. The van der Waals surface area contributed by atoms with Crippen LogP contribution in [0.15, 0.2) is 0 Å². The zero-order chi connectivity index (χ0) is 20.4. The highest BCUT2D eigenvalue weighted by Gasteiger charge is 2.26. The molecule has 0 saturated heterocycles. The summed E-state index contributed by atoms with van der Waals surface area (Å²) in [5.41, 5.74) is 0.867. The van der Waals surface area contributed by atoms with Crippen LogP contribution in [0.1, 0.15) is 79.0 Å². The number of esters is 2. The standard InChI is InChI=1S/C19H30N2O4S2/c1-6-9-10-11-12(4)20-19(26)21-16-14(17(22)24-7-2)13(5)15(27-16)18(23)25-8-3/h12H,6-11H2,1-5H3,(H2,20,21,26). The molecule has 1 unspecified atom stereocenters. The Morgan fingerprint density at radius 3 is 2.33 bits per heavy atom. The largest absolute Gasteiger partial charge is 0.462 e. The lowest BCUT2D eigenvalue weighted by molar-refractivity contribution is 0.0527. The highest BCUT2D eigenvalue weighted by atomic mass is 32.1. The van der Waals surface area contributed by atoms with Crippen molar-refractivity contribution in [2.75, 3.05) is 18.5 Å². The van der Waals surface area contributed by atoms with Crippen LogP contribution in [0.3, 0.4) is 0 Å². The molecule has 0 fully saturated rings. The quantitative estimate of drug-likeness (QED) is 0.327. The van der Waals surface area contributed by atoms with Crippen molar-refractivity contribution in [3.63, 3.8) is 0 Å². The van der Waals surface area contributed by atoms with E-state index in [2.05, 4.69) is 24.5 Å². The van der Waals surface area contributed by atoms with Crippen LogP contribution in [0.25, 0.3) is 0 Å². The minimum absolute atomic E-state index is 0.216. The van der Waals surface area contributed by atoms with Crippen molar-refractivity contribution < 1.29 is 19.1 Å². The van der Waals surface area contributed by atoms with Gasteiger partial charge in [0.05, 0.1) is 18.8 Å². The van der Waals surface area contributed by atoms with E-state index in [9.17, 15) is 9.59 Å². The Bertz CT molecular complexity index is 658. The zero-order valence-corrected chi connectivity index (χ0v) is 18.4. The molecule has 0 bridgehead atoms. The van der Waals surface area contributed by atoms with Crippen molar-refractivity contribution in [1.29, 1.82) is 0 Å². The first kappa shape index (κ1) is 23.4. The monoisotopic (exact) mass is 414 g/mol. The van der Waals surface area contributed by atoms with Gasteiger partial charge in [0.1, 0.15) is 9.88 Å². The number of nitrogens with one attached hydrogen (secondary N) is 2. The highest BCUT2D eigenvalue weighted by molar-refractivity contribution is 7.80. The van der Waals surface area contributed by atoms with E-state index in [4.69, 9.17) is 21.7 Å². The van der Waals surface area contributed by atoms with E-state index < -0.39 is 11.9 Å². The summed E-state index contributed by atoms with van der Waals surface area (Å²) in [4.78, 5) is 24.9. The van der Waals surface area contributed by atoms with Crippen molar-refractivity contribution in [1.82, 2.24) is 5.32 Å². The number of hydrogen-bond donors (Lipinski definition) is 2. The number of thiocarbonyl (C=S) groups is 1. The Balaban J connectivity index is 2.96. The first-order valence-electron chi connectivity index (χ1n) is 9.40. The van der Waals surface area contributed by atoms with Gasteiger partial charge in [-0.05, 0) is 51.9 Å². The highest BCUT2D eigenvalue weighted by Crippen LogP contribution is 2.34. The number of carbonyl (C=O) groups excluding carboxylic acids is 2. The minimum Gasteiger partial charge on any atom is -0.462 e. The number of unbranched alkanes of at least 4 members (excludes halogenated alkanes) is 2. The minimum atomic E-state index is -0.483. The lowest BCUT2D eigenvalue weighted by Crippen LogP contribution is -2.36. The van der Waals surface area contributed by atoms with Crippen LogP contribution in [0.5, 0.6) is 0 Å². The molecule has 8 heteroatoms. The summed E-state index contributed by atoms with van der Waals surface area (Å²) in [7, 11) is 0. The van der Waals surface area contributed by atoms with Crippen LogP contribution in [0.2, 0.25) is 0 Å². The Kier molecular flexibility index (Phi) is 10.3. The summed E-state index contributed by atoms with van der Waals surface area (Å²) in [6, 6.07) is 0.216. The molecule has 0 aliphatic carbocycles. The molecule has 2 N–H and O–H groups in total. The SMILES string of the molecule is CCCCCC(C)NC(=S)Nc1sc(C(=O)OCC)c(C)c1C(=O)OCC. The Hall–Kier alpha value is -1.67. The van der Waals surface area contributed by atoms with Gasteiger partial charge in [-0.15, -0.1) is 11.3 Å². The van der Waals surface area contributed by atoms with E-state index in [0.717, 1.165) is 24.2 Å². The van der Waals surface area contributed by atoms with E-state index in [1.54, 1.807) is 20.8 Å². The van der Waals surface area contributed by atoms with Crippen LogP contribution < -0.4 is 10.6 Å². The first-order valence-corrected chi connectivity index (χ1v) is 10.6. The molecule has 0 radical (unpaired) electrons. The summed E-state index contributed by atoms with van der Waals surface area (Å²) in [6.45, 7) is 9.95. The number of anilines is 1. The second-order valence-corrected chi connectivity index (χ2v) is 7.63. The van der Waals surface area contributed by atoms with Crippen molar-refractivity contribution in [3.05, 3.63) is 16.0 Å². The molecule has 0 amide bonds. The molecular formula is C19H30N2O4S2.